The maximum atomic E-state index is 12.3. The van der Waals surface area contributed by atoms with Gasteiger partial charge in [-0.1, -0.05) is 48.5 Å². The summed E-state index contributed by atoms with van der Waals surface area (Å²) in [5.41, 5.74) is 1.63. The highest BCUT2D eigenvalue weighted by molar-refractivity contribution is 7.89. The second kappa shape index (κ2) is 4.92. The van der Waals surface area contributed by atoms with Crippen LogP contribution in [0.3, 0.4) is 0 Å². The number of rotatable bonds is 3. The molecule has 0 aliphatic rings. The monoisotopic (exact) mass is 261 g/mol. The molecule has 2 aromatic carbocycles. The fourth-order valence-corrected chi connectivity index (χ4v) is 2.85. The molecule has 4 heteroatoms. The van der Waals surface area contributed by atoms with Gasteiger partial charge in [-0.25, -0.2) is 12.7 Å². The topological polar surface area (TPSA) is 37.4 Å². The van der Waals surface area contributed by atoms with Crippen molar-refractivity contribution in [3.8, 4) is 11.1 Å². The van der Waals surface area contributed by atoms with Gasteiger partial charge in [0.25, 0.3) is 0 Å². The first-order valence-corrected chi connectivity index (χ1v) is 7.04. The summed E-state index contributed by atoms with van der Waals surface area (Å²) < 4.78 is 25.7. The third kappa shape index (κ3) is 2.30. The molecule has 0 unspecified atom stereocenters. The van der Waals surface area contributed by atoms with E-state index < -0.39 is 10.0 Å². The highest BCUT2D eigenvalue weighted by atomic mass is 32.2. The molecule has 0 N–H and O–H groups in total. The van der Waals surface area contributed by atoms with Gasteiger partial charge >= 0.3 is 0 Å². The summed E-state index contributed by atoms with van der Waals surface area (Å²) >= 11 is 0. The lowest BCUT2D eigenvalue weighted by molar-refractivity contribution is 0.521. The maximum Gasteiger partial charge on any atom is 0.243 e. The van der Waals surface area contributed by atoms with Crippen LogP contribution in [0.1, 0.15) is 0 Å². The van der Waals surface area contributed by atoms with E-state index >= 15 is 0 Å². The van der Waals surface area contributed by atoms with Crippen LogP contribution < -0.4 is 0 Å². The normalized spacial score (nSPS) is 11.7. The van der Waals surface area contributed by atoms with Crippen molar-refractivity contribution in [3.05, 3.63) is 54.6 Å². The van der Waals surface area contributed by atoms with Crippen molar-refractivity contribution in [1.82, 2.24) is 4.31 Å². The Labute approximate surface area is 108 Å². The number of benzene rings is 2. The number of hydrogen-bond acceptors (Lipinski definition) is 2. The third-order valence-corrected chi connectivity index (χ3v) is 4.60. The second-order valence-corrected chi connectivity index (χ2v) is 6.27. The third-order valence-electron chi connectivity index (χ3n) is 2.73. The lowest BCUT2D eigenvalue weighted by atomic mass is 10.1. The Balaban J connectivity index is 2.65. The zero-order valence-corrected chi connectivity index (χ0v) is 11.2. The molecule has 0 amide bonds. The summed E-state index contributed by atoms with van der Waals surface area (Å²) in [6.45, 7) is 0. The van der Waals surface area contributed by atoms with Crippen LogP contribution in [0.15, 0.2) is 59.5 Å². The summed E-state index contributed by atoms with van der Waals surface area (Å²) in [5, 5.41) is 0. The minimum absolute atomic E-state index is 0.334. The quantitative estimate of drug-likeness (QED) is 0.851. The largest absolute Gasteiger partial charge is 0.243 e. The Morgan fingerprint density at radius 3 is 2.00 bits per heavy atom. The average molecular weight is 261 g/mol. The van der Waals surface area contributed by atoms with Gasteiger partial charge in [-0.05, 0) is 11.6 Å². The summed E-state index contributed by atoms with van der Waals surface area (Å²) in [6, 6.07) is 16.6. The Morgan fingerprint density at radius 2 is 1.39 bits per heavy atom. The van der Waals surface area contributed by atoms with Crippen molar-refractivity contribution in [3.63, 3.8) is 0 Å². The summed E-state index contributed by atoms with van der Waals surface area (Å²) in [7, 11) is -0.345. The molecule has 0 saturated carbocycles. The maximum absolute atomic E-state index is 12.3. The molecule has 3 nitrogen and oxygen atoms in total. The molecule has 2 aromatic rings. The molecule has 2 rings (SSSR count). The van der Waals surface area contributed by atoms with Gasteiger partial charge in [-0.2, -0.15) is 0 Å². The first-order chi connectivity index (χ1) is 8.53. The lowest BCUT2D eigenvalue weighted by Crippen LogP contribution is -2.22. The van der Waals surface area contributed by atoms with Crippen molar-refractivity contribution in [2.75, 3.05) is 14.1 Å². The van der Waals surface area contributed by atoms with Crippen LogP contribution in [-0.2, 0) is 10.0 Å². The van der Waals surface area contributed by atoms with Gasteiger partial charge < -0.3 is 0 Å². The van der Waals surface area contributed by atoms with E-state index in [-0.39, 0.29) is 0 Å². The van der Waals surface area contributed by atoms with Crippen molar-refractivity contribution < 1.29 is 8.42 Å². The van der Waals surface area contributed by atoms with Crippen molar-refractivity contribution in [2.45, 2.75) is 4.90 Å². The molecule has 0 aliphatic carbocycles. The zero-order valence-electron chi connectivity index (χ0n) is 10.4. The van der Waals surface area contributed by atoms with E-state index in [2.05, 4.69) is 0 Å². The summed E-state index contributed by atoms with van der Waals surface area (Å²) in [4.78, 5) is 0.334. The molecular weight excluding hydrogens is 246 g/mol. The van der Waals surface area contributed by atoms with Gasteiger partial charge in [-0.15, -0.1) is 0 Å². The van der Waals surface area contributed by atoms with Crippen molar-refractivity contribution >= 4 is 10.0 Å². The smallest absolute Gasteiger partial charge is 0.207 e. The molecule has 0 radical (unpaired) electrons. The molecule has 0 atom stereocenters. The Bertz CT molecular complexity index is 634. The standard InChI is InChI=1S/C14H15NO2S/c1-15(2)18(16,17)14-11-7-6-10-13(14)12-8-4-3-5-9-12/h3-11H,1-2H3. The zero-order chi connectivity index (χ0) is 13.2. The second-order valence-electron chi connectivity index (χ2n) is 4.15. The van der Waals surface area contributed by atoms with Crippen molar-refractivity contribution in [2.24, 2.45) is 0 Å². The summed E-state index contributed by atoms with van der Waals surface area (Å²) in [5.74, 6) is 0. The predicted octanol–water partition coefficient (Wildman–Crippen LogP) is 2.60. The van der Waals surface area contributed by atoms with Crippen LogP contribution in [-0.4, -0.2) is 26.8 Å². The Kier molecular flexibility index (Phi) is 3.50. The minimum Gasteiger partial charge on any atom is -0.207 e. The number of nitrogens with zero attached hydrogens (tertiary/aromatic N) is 1. The summed E-state index contributed by atoms with van der Waals surface area (Å²) in [6.07, 6.45) is 0. The first kappa shape index (κ1) is 12.8. The molecule has 0 saturated heterocycles. The molecule has 0 heterocycles. The van der Waals surface area contributed by atoms with Crippen LogP contribution in [0, 0.1) is 0 Å². The van der Waals surface area contributed by atoms with Crippen LogP contribution >= 0.6 is 0 Å². The molecule has 94 valence electrons. The SMILES string of the molecule is CN(C)S(=O)(=O)c1ccccc1-c1ccccc1. The molecule has 0 aliphatic heterocycles. The predicted molar refractivity (Wildman–Crippen MR) is 72.8 cm³/mol. The molecular formula is C14H15NO2S. The fourth-order valence-electron chi connectivity index (χ4n) is 1.74. The van der Waals surface area contributed by atoms with E-state index in [0.717, 1.165) is 11.1 Å². The van der Waals surface area contributed by atoms with E-state index in [1.54, 1.807) is 12.1 Å². The van der Waals surface area contributed by atoms with Crippen LogP contribution in [0.5, 0.6) is 0 Å². The van der Waals surface area contributed by atoms with E-state index in [1.165, 1.54) is 18.4 Å². The Hall–Kier alpha value is -1.65. The van der Waals surface area contributed by atoms with Gasteiger partial charge in [0.1, 0.15) is 0 Å². The molecule has 18 heavy (non-hydrogen) atoms. The molecule has 0 bridgehead atoms. The van der Waals surface area contributed by atoms with E-state index in [0.29, 0.717) is 4.90 Å². The minimum atomic E-state index is -3.42. The first-order valence-electron chi connectivity index (χ1n) is 5.60. The fraction of sp³-hybridized carbons (Fsp3) is 0.143. The highest BCUT2D eigenvalue weighted by Gasteiger charge is 2.21. The Morgan fingerprint density at radius 1 is 0.833 bits per heavy atom. The van der Waals surface area contributed by atoms with Crippen molar-refractivity contribution in [1.29, 1.82) is 0 Å². The molecule has 0 fully saturated rings. The van der Waals surface area contributed by atoms with Gasteiger partial charge in [-0.3, -0.25) is 0 Å². The van der Waals surface area contributed by atoms with E-state index in [1.807, 2.05) is 42.5 Å². The number of hydrogen-bond donors (Lipinski definition) is 0. The van der Waals surface area contributed by atoms with Crippen LogP contribution in [0.25, 0.3) is 11.1 Å². The van der Waals surface area contributed by atoms with Crippen LogP contribution in [0.2, 0.25) is 0 Å². The lowest BCUT2D eigenvalue weighted by Gasteiger charge is -2.15. The average Bonchev–Trinajstić information content (AvgIpc) is 2.39. The highest BCUT2D eigenvalue weighted by Crippen LogP contribution is 2.28. The molecule has 0 aromatic heterocycles. The van der Waals surface area contributed by atoms with E-state index in [9.17, 15) is 8.42 Å². The molecule has 0 spiro atoms. The van der Waals surface area contributed by atoms with Gasteiger partial charge in [0.2, 0.25) is 10.0 Å². The van der Waals surface area contributed by atoms with Gasteiger partial charge in [0.05, 0.1) is 4.90 Å². The van der Waals surface area contributed by atoms with Gasteiger partial charge in [0.15, 0.2) is 0 Å². The van der Waals surface area contributed by atoms with E-state index in [4.69, 9.17) is 0 Å². The number of sulfonamides is 1. The van der Waals surface area contributed by atoms with Crippen LogP contribution in [0.4, 0.5) is 0 Å². The van der Waals surface area contributed by atoms with Gasteiger partial charge in [0, 0.05) is 19.7 Å².